The van der Waals surface area contributed by atoms with E-state index >= 15 is 0 Å². The average Bonchev–Trinajstić information content (AvgIpc) is 3.24. The van der Waals surface area contributed by atoms with Crippen LogP contribution in [0, 0.1) is 17.6 Å². The summed E-state index contributed by atoms with van der Waals surface area (Å²) in [4.78, 5) is 19.6. The van der Waals surface area contributed by atoms with Gasteiger partial charge in [-0.05, 0) is 18.2 Å². The highest BCUT2D eigenvalue weighted by atomic mass is 19.1. The van der Waals surface area contributed by atoms with Gasteiger partial charge in [0.2, 0.25) is 0 Å². The molecular formula is C15H12F2N4O2. The minimum atomic E-state index is -0.587. The number of hydrogen-bond acceptors (Lipinski definition) is 4. The summed E-state index contributed by atoms with van der Waals surface area (Å²) >= 11 is 0. The van der Waals surface area contributed by atoms with Gasteiger partial charge in [-0.3, -0.25) is 5.32 Å². The van der Waals surface area contributed by atoms with Gasteiger partial charge in [-0.25, -0.2) is 23.5 Å². The average molecular weight is 318 g/mol. The van der Waals surface area contributed by atoms with E-state index in [0.717, 1.165) is 12.1 Å². The number of anilines is 1. The molecule has 1 aromatic heterocycles. The van der Waals surface area contributed by atoms with E-state index in [0.29, 0.717) is 5.82 Å². The standard InChI is InChI=1S/C15H12F2N4O2/c16-8-1-2-9(17)14-12(8)11-7(5-23-14)13(11)21-15(22)20-10-3-4-18-6-19-10/h1-4,6-7,11,13H,5H2,(H2,18,19,20,21,22)/t7-,11+,13+/m0/s1. The quantitative estimate of drug-likeness (QED) is 0.888. The number of halogens is 2. The van der Waals surface area contributed by atoms with Gasteiger partial charge in [0, 0.05) is 29.6 Å². The summed E-state index contributed by atoms with van der Waals surface area (Å²) in [5.74, 6) is -1.13. The van der Waals surface area contributed by atoms with Crippen LogP contribution in [0.3, 0.4) is 0 Å². The molecule has 0 spiro atoms. The fourth-order valence-corrected chi connectivity index (χ4v) is 3.03. The van der Waals surface area contributed by atoms with Gasteiger partial charge in [0.25, 0.3) is 0 Å². The number of nitrogens with zero attached hydrogens (tertiary/aromatic N) is 2. The van der Waals surface area contributed by atoms with Gasteiger partial charge in [-0.2, -0.15) is 0 Å². The number of fused-ring (bicyclic) bond motifs is 3. The number of aromatic nitrogens is 2. The van der Waals surface area contributed by atoms with Crippen LogP contribution in [0.25, 0.3) is 0 Å². The zero-order valence-corrected chi connectivity index (χ0v) is 11.8. The van der Waals surface area contributed by atoms with Crippen LogP contribution in [0.2, 0.25) is 0 Å². The van der Waals surface area contributed by atoms with Crippen molar-refractivity contribution in [2.75, 3.05) is 11.9 Å². The first-order chi connectivity index (χ1) is 11.1. The smallest absolute Gasteiger partial charge is 0.320 e. The van der Waals surface area contributed by atoms with E-state index in [1.807, 2.05) is 0 Å². The monoisotopic (exact) mass is 318 g/mol. The largest absolute Gasteiger partial charge is 0.490 e. The molecule has 2 aromatic rings. The first-order valence-electron chi connectivity index (χ1n) is 7.09. The third kappa shape index (κ3) is 2.36. The van der Waals surface area contributed by atoms with E-state index in [4.69, 9.17) is 4.74 Å². The molecule has 0 radical (unpaired) electrons. The molecular weight excluding hydrogens is 306 g/mol. The zero-order chi connectivity index (χ0) is 16.0. The van der Waals surface area contributed by atoms with E-state index in [9.17, 15) is 13.6 Å². The number of benzene rings is 1. The van der Waals surface area contributed by atoms with Crippen molar-refractivity contribution in [3.05, 3.63) is 47.9 Å². The summed E-state index contributed by atoms with van der Waals surface area (Å²) in [7, 11) is 0. The van der Waals surface area contributed by atoms with Crippen LogP contribution in [-0.2, 0) is 0 Å². The molecule has 0 unspecified atom stereocenters. The lowest BCUT2D eigenvalue weighted by Crippen LogP contribution is -2.32. The van der Waals surface area contributed by atoms with E-state index < -0.39 is 17.7 Å². The van der Waals surface area contributed by atoms with Gasteiger partial charge in [0.05, 0.1) is 6.61 Å². The van der Waals surface area contributed by atoms with E-state index in [2.05, 4.69) is 20.6 Å². The van der Waals surface area contributed by atoms with Crippen molar-refractivity contribution in [1.29, 1.82) is 0 Å². The number of carbonyl (C=O) groups excluding carboxylic acids is 1. The number of hydrogen-bond donors (Lipinski definition) is 2. The molecule has 8 heteroatoms. The molecule has 3 atom stereocenters. The number of urea groups is 1. The van der Waals surface area contributed by atoms with Crippen molar-refractivity contribution in [3.8, 4) is 5.75 Å². The predicted molar refractivity (Wildman–Crippen MR) is 76.1 cm³/mol. The number of nitrogens with one attached hydrogen (secondary N) is 2. The van der Waals surface area contributed by atoms with Gasteiger partial charge in [-0.15, -0.1) is 0 Å². The van der Waals surface area contributed by atoms with Gasteiger partial charge in [0.1, 0.15) is 18.0 Å². The number of amides is 2. The molecule has 2 amide bonds. The Morgan fingerprint density at radius 1 is 1.26 bits per heavy atom. The van der Waals surface area contributed by atoms with Crippen LogP contribution >= 0.6 is 0 Å². The Balaban J connectivity index is 1.49. The maximum atomic E-state index is 14.0. The van der Waals surface area contributed by atoms with E-state index in [-0.39, 0.29) is 35.8 Å². The topological polar surface area (TPSA) is 76.1 Å². The van der Waals surface area contributed by atoms with Gasteiger partial charge in [-0.1, -0.05) is 0 Å². The highest BCUT2D eigenvalue weighted by Gasteiger charge is 2.57. The maximum absolute atomic E-state index is 14.0. The van der Waals surface area contributed by atoms with Crippen LogP contribution in [0.15, 0.2) is 30.7 Å². The first-order valence-corrected chi connectivity index (χ1v) is 7.09. The lowest BCUT2D eigenvalue weighted by Gasteiger charge is -2.16. The Bertz CT molecular complexity index is 772. The Kier molecular flexibility index (Phi) is 3.10. The summed E-state index contributed by atoms with van der Waals surface area (Å²) in [6, 6.07) is 2.92. The maximum Gasteiger partial charge on any atom is 0.320 e. The lowest BCUT2D eigenvalue weighted by atomic mass is 10.0. The summed E-state index contributed by atoms with van der Waals surface area (Å²) in [5, 5.41) is 5.32. The third-order valence-electron chi connectivity index (χ3n) is 4.14. The Morgan fingerprint density at radius 3 is 2.87 bits per heavy atom. The minimum absolute atomic E-state index is 0.0493. The molecule has 1 aliphatic carbocycles. The highest BCUT2D eigenvalue weighted by Crippen LogP contribution is 2.55. The Morgan fingerprint density at radius 2 is 2.09 bits per heavy atom. The van der Waals surface area contributed by atoms with Crippen LogP contribution in [0.5, 0.6) is 5.75 Å². The van der Waals surface area contributed by atoms with Crippen LogP contribution < -0.4 is 15.4 Å². The molecule has 1 aromatic carbocycles. The Labute approximate surface area is 129 Å². The second-order valence-corrected chi connectivity index (χ2v) is 5.49. The van der Waals surface area contributed by atoms with E-state index in [1.54, 1.807) is 6.07 Å². The molecule has 1 fully saturated rings. The summed E-state index contributed by atoms with van der Waals surface area (Å²) < 4.78 is 33.0. The molecule has 0 bridgehead atoms. The van der Waals surface area contributed by atoms with Gasteiger partial charge < -0.3 is 10.1 Å². The lowest BCUT2D eigenvalue weighted by molar-refractivity contribution is 0.247. The number of rotatable bonds is 2. The van der Waals surface area contributed by atoms with Crippen molar-refractivity contribution in [2.45, 2.75) is 12.0 Å². The molecule has 1 saturated carbocycles. The van der Waals surface area contributed by atoms with Crippen LogP contribution in [0.1, 0.15) is 11.5 Å². The van der Waals surface area contributed by atoms with Crippen molar-refractivity contribution in [2.24, 2.45) is 5.92 Å². The molecule has 2 N–H and O–H groups in total. The van der Waals surface area contributed by atoms with Crippen molar-refractivity contribution in [1.82, 2.24) is 15.3 Å². The fourth-order valence-electron chi connectivity index (χ4n) is 3.03. The Hall–Kier alpha value is -2.77. The predicted octanol–water partition coefficient (Wildman–Crippen LogP) is 2.05. The molecule has 1 aliphatic heterocycles. The molecule has 6 nitrogen and oxygen atoms in total. The van der Waals surface area contributed by atoms with E-state index in [1.165, 1.54) is 12.5 Å². The van der Waals surface area contributed by atoms with Gasteiger partial charge in [0.15, 0.2) is 11.6 Å². The second kappa shape index (κ2) is 5.15. The summed E-state index contributed by atoms with van der Waals surface area (Å²) in [6.07, 6.45) is 2.82. The molecule has 4 rings (SSSR count). The highest BCUT2D eigenvalue weighted by molar-refractivity contribution is 5.88. The first kappa shape index (κ1) is 13.9. The van der Waals surface area contributed by atoms with Crippen molar-refractivity contribution < 1.29 is 18.3 Å². The number of carbonyl (C=O) groups is 1. The minimum Gasteiger partial charge on any atom is -0.490 e. The van der Waals surface area contributed by atoms with Gasteiger partial charge >= 0.3 is 6.03 Å². The summed E-state index contributed by atoms with van der Waals surface area (Å²) in [5.41, 5.74) is 0.202. The molecule has 2 aliphatic rings. The number of ether oxygens (including phenoxy) is 1. The second-order valence-electron chi connectivity index (χ2n) is 5.49. The fraction of sp³-hybridized carbons (Fsp3) is 0.267. The zero-order valence-electron chi connectivity index (χ0n) is 11.8. The normalized spacial score (nSPS) is 24.0. The molecule has 2 heterocycles. The molecule has 0 saturated heterocycles. The molecule has 23 heavy (non-hydrogen) atoms. The summed E-state index contributed by atoms with van der Waals surface area (Å²) in [6.45, 7) is 0.247. The van der Waals surface area contributed by atoms with Crippen LogP contribution in [-0.4, -0.2) is 28.6 Å². The molecule has 118 valence electrons. The third-order valence-corrected chi connectivity index (χ3v) is 4.14. The van der Waals surface area contributed by atoms with Crippen molar-refractivity contribution in [3.63, 3.8) is 0 Å². The van der Waals surface area contributed by atoms with Crippen LogP contribution in [0.4, 0.5) is 19.4 Å². The van der Waals surface area contributed by atoms with Crippen molar-refractivity contribution >= 4 is 11.8 Å². The SMILES string of the molecule is O=C(Nc1ccncn1)N[C@@H]1[C@H]2COc3c(F)ccc(F)c3[C@@H]21.